The van der Waals surface area contributed by atoms with Crippen molar-refractivity contribution in [3.05, 3.63) is 23.5 Å². The lowest BCUT2D eigenvalue weighted by atomic mass is 10.2. The third-order valence-corrected chi connectivity index (χ3v) is 1.61. The number of aryl methyl sites for hydroxylation is 2. The van der Waals surface area contributed by atoms with Crippen molar-refractivity contribution in [3.8, 4) is 5.75 Å². The zero-order valence-electron chi connectivity index (χ0n) is 6.30. The molecule has 0 aliphatic heterocycles. The lowest BCUT2D eigenvalue weighted by Crippen LogP contribution is -2.08. The van der Waals surface area contributed by atoms with Crippen molar-refractivity contribution in [2.45, 2.75) is 13.8 Å². The fraction of sp³-hybridized carbons (Fsp3) is 0.286. The van der Waals surface area contributed by atoms with E-state index in [1.165, 1.54) is 0 Å². The van der Waals surface area contributed by atoms with E-state index in [0.29, 0.717) is 17.1 Å². The number of hydrogen-bond acceptors (Lipinski definition) is 3. The van der Waals surface area contributed by atoms with Gasteiger partial charge >= 0.3 is 11.3 Å². The maximum absolute atomic E-state index is 10.0. The van der Waals surface area contributed by atoms with Crippen molar-refractivity contribution in [1.82, 2.24) is 4.98 Å². The van der Waals surface area contributed by atoms with Crippen LogP contribution in [-0.2, 0) is 0 Å². The van der Waals surface area contributed by atoms with Crippen LogP contribution in [-0.4, -0.2) is 4.98 Å². The molecule has 3 nitrogen and oxygen atoms in total. The molecule has 1 rings (SSSR count). The van der Waals surface area contributed by atoms with Crippen molar-refractivity contribution in [2.24, 2.45) is 0 Å². The van der Waals surface area contributed by atoms with E-state index in [9.17, 15) is 4.66 Å². The Kier molecular flexibility index (Phi) is 2.68. The fourth-order valence-corrected chi connectivity index (χ4v) is 1.13. The molecule has 0 fully saturated rings. The van der Waals surface area contributed by atoms with Crippen molar-refractivity contribution in [2.75, 3.05) is 0 Å². The number of hydrogen-bond donors (Lipinski definition) is 0. The highest BCUT2D eigenvalue weighted by molar-refractivity contribution is 5.34. The molecule has 1 aromatic rings. The second kappa shape index (κ2) is 3.55. The van der Waals surface area contributed by atoms with Gasteiger partial charge in [0.05, 0.1) is 5.69 Å². The largest absolute Gasteiger partial charge is 0.495 e. The maximum atomic E-state index is 10.0. The molecule has 0 atom stereocenters. The number of pyridine rings is 1. The first kappa shape index (κ1) is 8.30. The van der Waals surface area contributed by atoms with Gasteiger partial charge in [0, 0.05) is 11.8 Å². The van der Waals surface area contributed by atoms with Gasteiger partial charge in [-0.25, -0.2) is 4.29 Å². The second-order valence-corrected chi connectivity index (χ2v) is 2.46. The van der Waals surface area contributed by atoms with E-state index < -0.39 is 0 Å². The Labute approximate surface area is 69.1 Å². The molecule has 0 aliphatic rings. The third-order valence-electron chi connectivity index (χ3n) is 1.39. The standard InChI is InChI=1S/C7H8ClNO2/c1-5-3-4-9-6(2)7(5)11-8-10/h3-4H,1-2H3. The van der Waals surface area contributed by atoms with Gasteiger partial charge in [0.15, 0.2) is 0 Å². The monoisotopic (exact) mass is 173 g/mol. The zero-order valence-corrected chi connectivity index (χ0v) is 7.05. The molecule has 11 heavy (non-hydrogen) atoms. The smallest absolute Gasteiger partial charge is 0.393 e. The Bertz CT molecular complexity index is 232. The van der Waals surface area contributed by atoms with Gasteiger partial charge in [-0.1, -0.05) is 0 Å². The molecule has 0 amide bonds. The number of nitrogens with zero attached hydrogens (tertiary/aromatic N) is 1. The summed E-state index contributed by atoms with van der Waals surface area (Å²) in [6.07, 6.45) is 1.68. The molecular weight excluding hydrogens is 166 g/mol. The van der Waals surface area contributed by atoms with E-state index in [2.05, 4.69) is 4.98 Å². The van der Waals surface area contributed by atoms with Crippen LogP contribution < -0.4 is 8.95 Å². The number of halogens is 1. The maximum Gasteiger partial charge on any atom is 0.393 e. The summed E-state index contributed by atoms with van der Waals surface area (Å²) < 4.78 is 14.7. The summed E-state index contributed by atoms with van der Waals surface area (Å²) in [5.41, 5.74) is 1.65. The van der Waals surface area contributed by atoms with Gasteiger partial charge in [-0.15, -0.1) is 0 Å². The Morgan fingerprint density at radius 1 is 1.55 bits per heavy atom. The van der Waals surface area contributed by atoms with E-state index in [1.807, 2.05) is 6.92 Å². The van der Waals surface area contributed by atoms with Crippen LogP contribution in [0, 0.1) is 25.2 Å². The van der Waals surface area contributed by atoms with Gasteiger partial charge in [0.25, 0.3) is 0 Å². The zero-order chi connectivity index (χ0) is 8.27. The highest BCUT2D eigenvalue weighted by Crippen LogP contribution is 2.19. The Morgan fingerprint density at radius 2 is 2.27 bits per heavy atom. The minimum Gasteiger partial charge on any atom is -0.495 e. The molecule has 0 radical (unpaired) electrons. The lowest BCUT2D eigenvalue weighted by molar-refractivity contribution is -1.25. The van der Waals surface area contributed by atoms with Crippen LogP contribution in [0.2, 0.25) is 0 Å². The van der Waals surface area contributed by atoms with E-state index in [-0.39, 0.29) is 0 Å². The van der Waals surface area contributed by atoms with Gasteiger partial charge in [0.1, 0.15) is 0 Å². The van der Waals surface area contributed by atoms with Crippen molar-refractivity contribution in [1.29, 1.82) is 0 Å². The highest BCUT2D eigenvalue weighted by atomic mass is 35.6. The van der Waals surface area contributed by atoms with Gasteiger partial charge in [0.2, 0.25) is 5.75 Å². The summed E-state index contributed by atoms with van der Waals surface area (Å²) in [4.78, 5) is 3.97. The van der Waals surface area contributed by atoms with Gasteiger partial charge in [-0.05, 0) is 19.9 Å². The predicted molar refractivity (Wildman–Crippen MR) is 34.3 cm³/mol. The summed E-state index contributed by atoms with van der Waals surface area (Å²) in [7, 11) is 0. The van der Waals surface area contributed by atoms with Crippen LogP contribution in [0.3, 0.4) is 0 Å². The van der Waals surface area contributed by atoms with Crippen molar-refractivity contribution >= 4 is 0 Å². The Morgan fingerprint density at radius 3 is 2.82 bits per heavy atom. The molecule has 0 bridgehead atoms. The molecule has 0 aromatic carbocycles. The van der Waals surface area contributed by atoms with Crippen LogP contribution in [0.5, 0.6) is 5.75 Å². The second-order valence-electron chi connectivity index (χ2n) is 2.18. The molecule has 0 unspecified atom stereocenters. The van der Waals surface area contributed by atoms with Crippen LogP contribution in [0.25, 0.3) is 0 Å². The molecule has 0 spiro atoms. The molecule has 0 saturated heterocycles. The molecule has 1 heterocycles. The van der Waals surface area contributed by atoms with Gasteiger partial charge < -0.3 is 4.66 Å². The first-order valence-electron chi connectivity index (χ1n) is 3.12. The Hall–Kier alpha value is -0.800. The van der Waals surface area contributed by atoms with Crippen LogP contribution >= 0.6 is 0 Å². The average molecular weight is 174 g/mol. The van der Waals surface area contributed by atoms with Crippen LogP contribution in [0.1, 0.15) is 11.3 Å². The summed E-state index contributed by atoms with van der Waals surface area (Å²) in [5, 5.41) is 0. The first-order valence-corrected chi connectivity index (χ1v) is 3.73. The number of rotatable bonds is 2. The summed E-state index contributed by atoms with van der Waals surface area (Å²) >= 11 is 0.521. The number of aromatic nitrogens is 1. The Balaban J connectivity index is 3.00. The topological polar surface area (TPSA) is 45.2 Å². The molecule has 0 N–H and O–H groups in total. The molecule has 0 aliphatic carbocycles. The average Bonchev–Trinajstić information content (AvgIpc) is 1.97. The van der Waals surface area contributed by atoms with Gasteiger partial charge in [-0.3, -0.25) is 4.98 Å². The van der Waals surface area contributed by atoms with E-state index in [1.54, 1.807) is 19.2 Å². The predicted octanol–water partition coefficient (Wildman–Crippen LogP) is 0.353. The molecule has 4 heteroatoms. The SMILES string of the molecule is Cc1ccnc(C)c1O[Cl+][O-]. The molecular formula is C7H8ClNO2. The first-order chi connectivity index (χ1) is 5.25. The highest BCUT2D eigenvalue weighted by Gasteiger charge is 2.08. The summed E-state index contributed by atoms with van der Waals surface area (Å²) in [6, 6.07) is 1.80. The molecule has 0 saturated carbocycles. The lowest BCUT2D eigenvalue weighted by Gasteiger charge is -1.99. The molecule has 1 aromatic heterocycles. The minimum absolute atomic E-state index is 0.521. The third kappa shape index (κ3) is 1.82. The molecule has 60 valence electrons. The van der Waals surface area contributed by atoms with Crippen LogP contribution in [0.15, 0.2) is 12.3 Å². The fourth-order valence-electron chi connectivity index (χ4n) is 0.829. The van der Waals surface area contributed by atoms with Crippen LogP contribution in [0.4, 0.5) is 0 Å². The van der Waals surface area contributed by atoms with E-state index in [0.717, 1.165) is 11.3 Å². The van der Waals surface area contributed by atoms with E-state index >= 15 is 0 Å². The quantitative estimate of drug-likeness (QED) is 0.649. The normalized spacial score (nSPS) is 9.73. The van der Waals surface area contributed by atoms with Crippen molar-refractivity contribution < 1.29 is 20.3 Å². The van der Waals surface area contributed by atoms with Gasteiger partial charge in [-0.2, -0.15) is 0 Å². The minimum atomic E-state index is 0.521. The van der Waals surface area contributed by atoms with E-state index in [4.69, 9.17) is 4.29 Å². The summed E-state index contributed by atoms with van der Waals surface area (Å²) in [5.74, 6) is 0.552. The summed E-state index contributed by atoms with van der Waals surface area (Å²) in [6.45, 7) is 3.66. The van der Waals surface area contributed by atoms with Crippen molar-refractivity contribution in [3.63, 3.8) is 0 Å².